The van der Waals surface area contributed by atoms with E-state index in [4.69, 9.17) is 33.4 Å². The van der Waals surface area contributed by atoms with Gasteiger partial charge in [-0.25, -0.2) is 4.39 Å². The van der Waals surface area contributed by atoms with Crippen molar-refractivity contribution in [3.8, 4) is 0 Å². The Bertz CT molecular complexity index is 553. The monoisotopic (exact) mass is 303 g/mol. The van der Waals surface area contributed by atoms with Gasteiger partial charge in [0, 0.05) is 23.0 Å². The highest BCUT2D eigenvalue weighted by atomic mass is 35.5. The number of rotatable bonds is 4. The molecule has 2 atom stereocenters. The Morgan fingerprint density at radius 2 is 2.00 bits per heavy atom. The van der Waals surface area contributed by atoms with Gasteiger partial charge in [-0.05, 0) is 35.9 Å². The quantitative estimate of drug-likeness (QED) is 0.909. The molecule has 1 aromatic carbocycles. The lowest BCUT2D eigenvalue weighted by atomic mass is 9.91. The van der Waals surface area contributed by atoms with Crippen LogP contribution in [0.1, 0.15) is 23.3 Å². The normalized spacial score (nSPS) is 14.4. The SMILES string of the molecule is NCC(c1c(F)cccc1Cl)C(O)c1ccc(Cl)o1. The van der Waals surface area contributed by atoms with E-state index in [2.05, 4.69) is 0 Å². The molecule has 102 valence electrons. The molecule has 0 saturated heterocycles. The standard InChI is InChI=1S/C13H12Cl2FNO2/c14-8-2-1-3-9(16)12(8)7(6-17)13(18)10-4-5-11(15)19-10/h1-5,7,13,18H,6,17H2. The molecule has 3 N–H and O–H groups in total. The Morgan fingerprint density at radius 3 is 2.53 bits per heavy atom. The molecule has 0 saturated carbocycles. The predicted octanol–water partition coefficient (Wildman–Crippen LogP) is 3.50. The van der Waals surface area contributed by atoms with Gasteiger partial charge in [0.15, 0.2) is 5.22 Å². The summed E-state index contributed by atoms with van der Waals surface area (Å²) in [5.74, 6) is -1.00. The van der Waals surface area contributed by atoms with Crippen LogP contribution in [0.3, 0.4) is 0 Å². The van der Waals surface area contributed by atoms with Gasteiger partial charge in [-0.15, -0.1) is 0 Å². The molecule has 19 heavy (non-hydrogen) atoms. The van der Waals surface area contributed by atoms with Crippen LogP contribution in [0, 0.1) is 5.82 Å². The second-order valence-corrected chi connectivity index (χ2v) is 4.84. The van der Waals surface area contributed by atoms with Crippen LogP contribution in [-0.4, -0.2) is 11.7 Å². The number of benzene rings is 1. The van der Waals surface area contributed by atoms with Crippen molar-refractivity contribution < 1.29 is 13.9 Å². The van der Waals surface area contributed by atoms with Gasteiger partial charge in [0.2, 0.25) is 0 Å². The van der Waals surface area contributed by atoms with Crippen molar-refractivity contribution >= 4 is 23.2 Å². The van der Waals surface area contributed by atoms with E-state index in [0.717, 1.165) is 0 Å². The van der Waals surface area contributed by atoms with E-state index in [1.54, 1.807) is 6.07 Å². The summed E-state index contributed by atoms with van der Waals surface area (Å²) in [6, 6.07) is 7.32. The number of aliphatic hydroxyl groups excluding tert-OH is 1. The Balaban J connectivity index is 2.39. The number of aliphatic hydroxyl groups is 1. The third-order valence-corrected chi connectivity index (χ3v) is 3.42. The Kier molecular flexibility index (Phi) is 4.47. The Hall–Kier alpha value is -1.07. The van der Waals surface area contributed by atoms with E-state index in [0.29, 0.717) is 0 Å². The van der Waals surface area contributed by atoms with E-state index in [1.165, 1.54) is 24.3 Å². The van der Waals surface area contributed by atoms with Crippen LogP contribution < -0.4 is 5.73 Å². The molecule has 0 fully saturated rings. The fraction of sp³-hybridized carbons (Fsp3) is 0.231. The minimum atomic E-state index is -1.12. The zero-order valence-corrected chi connectivity index (χ0v) is 11.3. The lowest BCUT2D eigenvalue weighted by Crippen LogP contribution is -2.21. The minimum absolute atomic E-state index is 0.0140. The first-order chi connectivity index (χ1) is 9.04. The number of hydrogen-bond donors (Lipinski definition) is 2. The lowest BCUT2D eigenvalue weighted by Gasteiger charge is -2.21. The molecule has 0 amide bonds. The molecule has 2 rings (SSSR count). The van der Waals surface area contributed by atoms with E-state index in [1.807, 2.05) is 0 Å². The summed E-state index contributed by atoms with van der Waals surface area (Å²) in [7, 11) is 0. The molecule has 0 bridgehead atoms. The van der Waals surface area contributed by atoms with Gasteiger partial charge >= 0.3 is 0 Å². The van der Waals surface area contributed by atoms with Gasteiger partial charge in [-0.3, -0.25) is 0 Å². The first kappa shape index (κ1) is 14.3. The van der Waals surface area contributed by atoms with Crippen molar-refractivity contribution in [2.75, 3.05) is 6.54 Å². The molecule has 0 aliphatic rings. The van der Waals surface area contributed by atoms with Crippen molar-refractivity contribution in [1.82, 2.24) is 0 Å². The molecule has 2 unspecified atom stereocenters. The minimum Gasteiger partial charge on any atom is -0.447 e. The van der Waals surface area contributed by atoms with Gasteiger partial charge < -0.3 is 15.3 Å². The van der Waals surface area contributed by atoms with Crippen molar-refractivity contribution in [3.05, 3.63) is 57.7 Å². The predicted molar refractivity (Wildman–Crippen MR) is 71.9 cm³/mol. The fourth-order valence-electron chi connectivity index (χ4n) is 1.96. The first-order valence-electron chi connectivity index (χ1n) is 5.62. The number of halogens is 3. The maximum atomic E-state index is 13.9. The van der Waals surface area contributed by atoms with Crippen molar-refractivity contribution in [2.45, 2.75) is 12.0 Å². The average Bonchev–Trinajstić information content (AvgIpc) is 2.80. The van der Waals surface area contributed by atoms with Crippen LogP contribution in [0.2, 0.25) is 10.2 Å². The molecule has 1 heterocycles. The van der Waals surface area contributed by atoms with Crippen LogP contribution in [0.25, 0.3) is 0 Å². The van der Waals surface area contributed by atoms with E-state index >= 15 is 0 Å². The molecule has 0 aliphatic heterocycles. The Labute approximate surface area is 119 Å². The molecule has 0 spiro atoms. The highest BCUT2D eigenvalue weighted by Crippen LogP contribution is 2.36. The summed E-state index contributed by atoms with van der Waals surface area (Å²) in [6.07, 6.45) is -1.12. The van der Waals surface area contributed by atoms with Crippen LogP contribution in [0.5, 0.6) is 0 Å². The summed E-state index contributed by atoms with van der Waals surface area (Å²) in [4.78, 5) is 0. The highest BCUT2D eigenvalue weighted by molar-refractivity contribution is 6.31. The van der Waals surface area contributed by atoms with E-state index in [-0.39, 0.29) is 28.1 Å². The lowest BCUT2D eigenvalue weighted by molar-refractivity contribution is 0.120. The molecular weight excluding hydrogens is 292 g/mol. The second-order valence-electron chi connectivity index (χ2n) is 4.06. The number of furan rings is 1. The van der Waals surface area contributed by atoms with Crippen LogP contribution >= 0.6 is 23.2 Å². The summed E-state index contributed by atoms with van der Waals surface area (Å²) < 4.78 is 19.0. The first-order valence-corrected chi connectivity index (χ1v) is 6.37. The molecule has 1 aromatic heterocycles. The fourth-order valence-corrected chi connectivity index (χ4v) is 2.41. The van der Waals surface area contributed by atoms with Gasteiger partial charge in [-0.1, -0.05) is 17.7 Å². The van der Waals surface area contributed by atoms with Crippen molar-refractivity contribution in [3.63, 3.8) is 0 Å². The zero-order valence-electron chi connectivity index (χ0n) is 9.82. The zero-order chi connectivity index (χ0) is 14.0. The highest BCUT2D eigenvalue weighted by Gasteiger charge is 2.28. The van der Waals surface area contributed by atoms with E-state index < -0.39 is 17.8 Å². The van der Waals surface area contributed by atoms with Crippen LogP contribution in [0.4, 0.5) is 4.39 Å². The van der Waals surface area contributed by atoms with Gasteiger partial charge in [0.25, 0.3) is 0 Å². The molecule has 3 nitrogen and oxygen atoms in total. The molecule has 0 radical (unpaired) electrons. The number of hydrogen-bond acceptors (Lipinski definition) is 3. The summed E-state index contributed by atoms with van der Waals surface area (Å²) in [6.45, 7) is 0.0140. The number of nitrogens with two attached hydrogens (primary N) is 1. The summed E-state index contributed by atoms with van der Waals surface area (Å²) in [5.41, 5.74) is 5.80. The molecular formula is C13H12Cl2FNO2. The maximum Gasteiger partial charge on any atom is 0.193 e. The Morgan fingerprint density at radius 1 is 1.26 bits per heavy atom. The third kappa shape index (κ3) is 2.92. The summed E-state index contributed by atoms with van der Waals surface area (Å²) >= 11 is 11.6. The van der Waals surface area contributed by atoms with Gasteiger partial charge in [0.1, 0.15) is 17.7 Å². The summed E-state index contributed by atoms with van der Waals surface area (Å²) in [5, 5.41) is 10.6. The molecule has 2 aromatic rings. The molecule has 6 heteroatoms. The maximum absolute atomic E-state index is 13.9. The molecule has 0 aliphatic carbocycles. The smallest absolute Gasteiger partial charge is 0.193 e. The van der Waals surface area contributed by atoms with Crippen LogP contribution in [0.15, 0.2) is 34.7 Å². The van der Waals surface area contributed by atoms with Gasteiger partial charge in [-0.2, -0.15) is 0 Å². The average molecular weight is 304 g/mol. The van der Waals surface area contributed by atoms with Crippen molar-refractivity contribution in [2.24, 2.45) is 5.73 Å². The van der Waals surface area contributed by atoms with E-state index in [9.17, 15) is 9.50 Å². The third-order valence-electron chi connectivity index (χ3n) is 2.89. The second kappa shape index (κ2) is 5.92. The topological polar surface area (TPSA) is 59.4 Å². The van der Waals surface area contributed by atoms with Gasteiger partial charge in [0.05, 0.1) is 0 Å². The van der Waals surface area contributed by atoms with Crippen molar-refractivity contribution in [1.29, 1.82) is 0 Å². The van der Waals surface area contributed by atoms with Crippen LogP contribution in [-0.2, 0) is 0 Å². The largest absolute Gasteiger partial charge is 0.447 e.